The smallest absolute Gasteiger partial charge is 0.264 e. The van der Waals surface area contributed by atoms with Crippen LogP contribution in [0.2, 0.25) is 5.02 Å². The topological polar surface area (TPSA) is 57.7 Å². The molecule has 1 aliphatic rings. The van der Waals surface area contributed by atoms with E-state index in [0.29, 0.717) is 29.7 Å². The third-order valence-corrected chi connectivity index (χ3v) is 7.51. The van der Waals surface area contributed by atoms with Gasteiger partial charge in [0.1, 0.15) is 6.54 Å². The highest BCUT2D eigenvalue weighted by atomic mass is 35.5. The van der Waals surface area contributed by atoms with E-state index in [-0.39, 0.29) is 17.3 Å². The van der Waals surface area contributed by atoms with Crippen LogP contribution >= 0.6 is 11.6 Å². The van der Waals surface area contributed by atoms with Gasteiger partial charge in [-0.15, -0.1) is 0 Å². The molecule has 0 bridgehead atoms. The molecule has 1 atom stereocenters. The molecule has 0 aliphatic carbocycles. The SMILES string of the molecule is Cc1ccc(N(CC(=O)N2CCC[C@@H](C)C2)S(=O)(=O)c2ccc(Cl)cc2)cc1C. The van der Waals surface area contributed by atoms with Crippen LogP contribution in [0, 0.1) is 19.8 Å². The minimum atomic E-state index is -3.92. The summed E-state index contributed by atoms with van der Waals surface area (Å²) in [6.07, 6.45) is 2.04. The number of likely N-dealkylation sites (tertiary alicyclic amines) is 1. The Kier molecular flexibility index (Phi) is 6.54. The van der Waals surface area contributed by atoms with Gasteiger partial charge in [0.25, 0.3) is 10.0 Å². The molecule has 0 spiro atoms. The van der Waals surface area contributed by atoms with Crippen molar-refractivity contribution in [2.75, 3.05) is 23.9 Å². The van der Waals surface area contributed by atoms with E-state index in [9.17, 15) is 13.2 Å². The molecule has 1 fully saturated rings. The number of carbonyl (C=O) groups is 1. The third kappa shape index (κ3) is 4.93. The van der Waals surface area contributed by atoms with Crippen LogP contribution in [0.25, 0.3) is 0 Å². The van der Waals surface area contributed by atoms with Crippen molar-refractivity contribution in [3.63, 3.8) is 0 Å². The summed E-state index contributed by atoms with van der Waals surface area (Å²) in [6.45, 7) is 7.13. The van der Waals surface area contributed by atoms with Gasteiger partial charge in [0.2, 0.25) is 5.91 Å². The van der Waals surface area contributed by atoms with Crippen molar-refractivity contribution < 1.29 is 13.2 Å². The molecular formula is C22H27ClN2O3S. The molecule has 1 aliphatic heterocycles. The zero-order valence-corrected chi connectivity index (χ0v) is 18.6. The highest BCUT2D eigenvalue weighted by Gasteiger charge is 2.30. The second-order valence-corrected chi connectivity index (χ2v) is 10.1. The van der Waals surface area contributed by atoms with Crippen LogP contribution in [-0.4, -0.2) is 38.9 Å². The monoisotopic (exact) mass is 434 g/mol. The average Bonchev–Trinajstić information content (AvgIpc) is 2.68. The minimum Gasteiger partial charge on any atom is -0.341 e. The Balaban J connectivity index is 1.98. The van der Waals surface area contributed by atoms with Crippen LogP contribution in [0.5, 0.6) is 0 Å². The lowest BCUT2D eigenvalue weighted by Crippen LogP contribution is -2.46. The van der Waals surface area contributed by atoms with Crippen molar-refractivity contribution in [1.82, 2.24) is 4.90 Å². The number of rotatable bonds is 5. The maximum absolute atomic E-state index is 13.4. The van der Waals surface area contributed by atoms with E-state index < -0.39 is 10.0 Å². The van der Waals surface area contributed by atoms with Crippen LogP contribution in [0.1, 0.15) is 30.9 Å². The van der Waals surface area contributed by atoms with Gasteiger partial charge in [-0.3, -0.25) is 9.10 Å². The van der Waals surface area contributed by atoms with Crippen molar-refractivity contribution in [3.8, 4) is 0 Å². The number of anilines is 1. The lowest BCUT2D eigenvalue weighted by atomic mass is 10.0. The number of hydrogen-bond donors (Lipinski definition) is 0. The Labute approximate surface area is 178 Å². The van der Waals surface area contributed by atoms with Gasteiger partial charge in [-0.1, -0.05) is 24.6 Å². The maximum Gasteiger partial charge on any atom is 0.264 e. The molecule has 5 nitrogen and oxygen atoms in total. The molecule has 0 aromatic heterocycles. The predicted octanol–water partition coefficient (Wildman–Crippen LogP) is 4.41. The van der Waals surface area contributed by atoms with Crippen LogP contribution in [-0.2, 0) is 14.8 Å². The molecule has 0 unspecified atom stereocenters. The molecule has 1 amide bonds. The first-order valence-corrected chi connectivity index (χ1v) is 11.6. The molecule has 29 heavy (non-hydrogen) atoms. The number of carbonyl (C=O) groups excluding carboxylic acids is 1. The van der Waals surface area contributed by atoms with Crippen molar-refractivity contribution >= 4 is 33.2 Å². The summed E-state index contributed by atoms with van der Waals surface area (Å²) < 4.78 is 28.1. The van der Waals surface area contributed by atoms with Gasteiger partial charge in [0, 0.05) is 18.1 Å². The van der Waals surface area contributed by atoms with E-state index in [2.05, 4.69) is 6.92 Å². The average molecular weight is 435 g/mol. The van der Waals surface area contributed by atoms with Gasteiger partial charge in [0.15, 0.2) is 0 Å². The van der Waals surface area contributed by atoms with Gasteiger partial charge in [-0.05, 0) is 80.1 Å². The van der Waals surface area contributed by atoms with E-state index in [1.165, 1.54) is 16.4 Å². The first-order valence-electron chi connectivity index (χ1n) is 9.82. The molecule has 1 saturated heterocycles. The second-order valence-electron chi connectivity index (χ2n) is 7.82. The minimum absolute atomic E-state index is 0.111. The number of halogens is 1. The summed E-state index contributed by atoms with van der Waals surface area (Å²) in [7, 11) is -3.92. The molecule has 1 heterocycles. The largest absolute Gasteiger partial charge is 0.341 e. The molecule has 0 N–H and O–H groups in total. The normalized spacial score (nSPS) is 17.2. The van der Waals surface area contributed by atoms with Gasteiger partial charge < -0.3 is 4.90 Å². The van der Waals surface area contributed by atoms with Crippen LogP contribution in [0.4, 0.5) is 5.69 Å². The Morgan fingerprint density at radius 1 is 1.14 bits per heavy atom. The lowest BCUT2D eigenvalue weighted by Gasteiger charge is -2.33. The van der Waals surface area contributed by atoms with Crippen molar-refractivity contribution in [2.24, 2.45) is 5.92 Å². The van der Waals surface area contributed by atoms with Gasteiger partial charge in [-0.25, -0.2) is 8.42 Å². The van der Waals surface area contributed by atoms with Crippen LogP contribution in [0.15, 0.2) is 47.4 Å². The van der Waals surface area contributed by atoms with Crippen molar-refractivity contribution in [1.29, 1.82) is 0 Å². The first kappa shape index (κ1) is 21.7. The molecule has 0 saturated carbocycles. The van der Waals surface area contributed by atoms with E-state index in [0.717, 1.165) is 24.0 Å². The van der Waals surface area contributed by atoms with E-state index in [4.69, 9.17) is 11.6 Å². The number of piperidine rings is 1. The standard InChI is InChI=1S/C22H27ClN2O3S/c1-16-5-4-12-24(14-16)22(26)15-25(20-9-6-17(2)18(3)13-20)29(27,28)21-10-7-19(23)8-11-21/h6-11,13,16H,4-5,12,14-15H2,1-3H3/t16-/m1/s1. The fourth-order valence-electron chi connectivity index (χ4n) is 3.57. The van der Waals surface area contributed by atoms with Crippen LogP contribution < -0.4 is 4.31 Å². The molecule has 7 heteroatoms. The number of aryl methyl sites for hydroxylation is 2. The summed E-state index contributed by atoms with van der Waals surface area (Å²) in [5.74, 6) is 0.253. The van der Waals surface area contributed by atoms with E-state index >= 15 is 0 Å². The Morgan fingerprint density at radius 3 is 2.45 bits per heavy atom. The number of hydrogen-bond acceptors (Lipinski definition) is 3. The van der Waals surface area contributed by atoms with Gasteiger partial charge in [0.05, 0.1) is 10.6 Å². The summed E-state index contributed by atoms with van der Waals surface area (Å²) >= 11 is 5.93. The quantitative estimate of drug-likeness (QED) is 0.700. The molecule has 156 valence electrons. The zero-order valence-electron chi connectivity index (χ0n) is 17.1. The lowest BCUT2D eigenvalue weighted by molar-refractivity contribution is -0.131. The summed E-state index contributed by atoms with van der Waals surface area (Å²) in [5, 5.41) is 0.458. The molecule has 2 aromatic carbocycles. The first-order chi connectivity index (χ1) is 13.7. The Bertz CT molecular complexity index is 990. The van der Waals surface area contributed by atoms with E-state index in [1.54, 1.807) is 23.1 Å². The van der Waals surface area contributed by atoms with Crippen molar-refractivity contribution in [2.45, 2.75) is 38.5 Å². The molecule has 2 aromatic rings. The van der Waals surface area contributed by atoms with Crippen molar-refractivity contribution in [3.05, 3.63) is 58.6 Å². The van der Waals surface area contributed by atoms with E-state index in [1.807, 2.05) is 26.0 Å². The maximum atomic E-state index is 13.4. The Hall–Kier alpha value is -2.05. The Morgan fingerprint density at radius 2 is 1.83 bits per heavy atom. The third-order valence-electron chi connectivity index (χ3n) is 5.47. The summed E-state index contributed by atoms with van der Waals surface area (Å²) in [6, 6.07) is 11.5. The summed E-state index contributed by atoms with van der Waals surface area (Å²) in [5.41, 5.74) is 2.52. The number of benzene rings is 2. The fraction of sp³-hybridized carbons (Fsp3) is 0.409. The zero-order chi connectivity index (χ0) is 21.2. The number of amides is 1. The number of sulfonamides is 1. The number of nitrogens with zero attached hydrogens (tertiary/aromatic N) is 2. The van der Waals surface area contributed by atoms with Crippen LogP contribution in [0.3, 0.4) is 0 Å². The predicted molar refractivity (Wildman–Crippen MR) is 117 cm³/mol. The molecular weight excluding hydrogens is 408 g/mol. The highest BCUT2D eigenvalue weighted by Crippen LogP contribution is 2.27. The van der Waals surface area contributed by atoms with Gasteiger partial charge >= 0.3 is 0 Å². The summed E-state index contributed by atoms with van der Waals surface area (Å²) in [4.78, 5) is 14.9. The second kappa shape index (κ2) is 8.76. The molecule has 3 rings (SSSR count). The molecule has 0 radical (unpaired) electrons. The fourth-order valence-corrected chi connectivity index (χ4v) is 5.10. The van der Waals surface area contributed by atoms with Gasteiger partial charge in [-0.2, -0.15) is 0 Å². The highest BCUT2D eigenvalue weighted by molar-refractivity contribution is 7.92.